The minimum Gasteiger partial charge on any atom is -0.294 e. The molecule has 1 aromatic carbocycles. The van der Waals surface area contributed by atoms with Crippen molar-refractivity contribution in [3.05, 3.63) is 69.9 Å². The summed E-state index contributed by atoms with van der Waals surface area (Å²) in [7, 11) is 0. The van der Waals surface area contributed by atoms with Crippen LogP contribution in [0.5, 0.6) is 0 Å². The lowest BCUT2D eigenvalue weighted by atomic mass is 9.89. The third-order valence-corrected chi connectivity index (χ3v) is 5.18. The van der Waals surface area contributed by atoms with E-state index in [-0.39, 0.29) is 0 Å². The highest BCUT2D eigenvalue weighted by Gasteiger charge is 2.28. The first-order chi connectivity index (χ1) is 10.3. The smallest absolute Gasteiger partial charge is 0.0864 e. The first kappa shape index (κ1) is 14.5. The van der Waals surface area contributed by atoms with Crippen LogP contribution in [0.2, 0.25) is 0 Å². The van der Waals surface area contributed by atoms with Gasteiger partial charge in [-0.05, 0) is 23.6 Å². The third kappa shape index (κ3) is 3.10. The second-order valence-corrected chi connectivity index (χ2v) is 6.54. The Bertz CT molecular complexity index is 605. The van der Waals surface area contributed by atoms with Crippen molar-refractivity contribution in [2.45, 2.75) is 25.8 Å². The van der Waals surface area contributed by atoms with E-state index in [9.17, 15) is 0 Å². The number of hydrogen-bond donors (Lipinski definition) is 0. The molecule has 2 aromatic rings. The summed E-state index contributed by atoms with van der Waals surface area (Å²) in [4.78, 5) is 8.71. The molecular weight excluding hydrogens is 278 g/mol. The van der Waals surface area contributed by atoms with Gasteiger partial charge in [-0.25, -0.2) is 0 Å². The quantitative estimate of drug-likeness (QED) is 0.760. The fourth-order valence-corrected chi connectivity index (χ4v) is 4.02. The lowest BCUT2D eigenvalue weighted by Crippen LogP contribution is -2.33. The molecule has 0 aliphatic carbocycles. The molecule has 1 aromatic heterocycles. The zero-order valence-corrected chi connectivity index (χ0v) is 13.2. The van der Waals surface area contributed by atoms with E-state index in [1.807, 2.05) is 11.3 Å². The number of benzene rings is 1. The summed E-state index contributed by atoms with van der Waals surface area (Å²) >= 11 is 1.92. The van der Waals surface area contributed by atoms with Crippen LogP contribution in [-0.4, -0.2) is 18.2 Å². The van der Waals surface area contributed by atoms with E-state index in [1.165, 1.54) is 20.9 Å². The molecule has 1 aliphatic rings. The first-order valence-electron chi connectivity index (χ1n) is 7.47. The molecule has 0 N–H and O–H groups in total. The highest BCUT2D eigenvalue weighted by Crippen LogP contribution is 2.38. The van der Waals surface area contributed by atoms with E-state index in [1.54, 1.807) is 6.08 Å². The van der Waals surface area contributed by atoms with Crippen molar-refractivity contribution in [2.75, 3.05) is 13.2 Å². The van der Waals surface area contributed by atoms with Crippen molar-refractivity contribution in [3.63, 3.8) is 0 Å². The minimum absolute atomic E-state index is 0.399. The van der Waals surface area contributed by atoms with Crippen molar-refractivity contribution in [1.82, 2.24) is 5.06 Å². The van der Waals surface area contributed by atoms with Crippen molar-refractivity contribution in [3.8, 4) is 0 Å². The van der Waals surface area contributed by atoms with Crippen LogP contribution in [0.25, 0.3) is 0 Å². The Morgan fingerprint density at radius 3 is 2.90 bits per heavy atom. The predicted octanol–water partition coefficient (Wildman–Crippen LogP) is 4.38. The van der Waals surface area contributed by atoms with Gasteiger partial charge in [-0.2, -0.15) is 5.06 Å². The standard InChI is InChI=1S/C18H21NOS/c1-3-10-20-19-12-17(14-8-6-5-7-9-14)16-11-15(4-2)21-18(16)13-19/h3,5-9,11,17H,1,4,10,12-13H2,2H3/t17-/m1/s1. The largest absolute Gasteiger partial charge is 0.294 e. The van der Waals surface area contributed by atoms with Crippen molar-refractivity contribution in [2.24, 2.45) is 0 Å². The molecule has 1 aliphatic heterocycles. The van der Waals surface area contributed by atoms with E-state index < -0.39 is 0 Å². The lowest BCUT2D eigenvalue weighted by Gasteiger charge is -2.32. The summed E-state index contributed by atoms with van der Waals surface area (Å²) in [5.74, 6) is 0.399. The fourth-order valence-electron chi connectivity index (χ4n) is 2.85. The topological polar surface area (TPSA) is 12.5 Å². The normalized spacial score (nSPS) is 18.4. The Balaban J connectivity index is 1.94. The molecule has 0 unspecified atom stereocenters. The summed E-state index contributed by atoms with van der Waals surface area (Å²) in [5, 5.41) is 2.08. The summed E-state index contributed by atoms with van der Waals surface area (Å²) in [6, 6.07) is 13.1. The van der Waals surface area contributed by atoms with Gasteiger partial charge in [0.1, 0.15) is 0 Å². The van der Waals surface area contributed by atoms with Crippen molar-refractivity contribution >= 4 is 11.3 Å². The first-order valence-corrected chi connectivity index (χ1v) is 8.28. The van der Waals surface area contributed by atoms with Crippen molar-refractivity contribution in [1.29, 1.82) is 0 Å². The molecule has 21 heavy (non-hydrogen) atoms. The maximum atomic E-state index is 5.81. The number of thiophene rings is 1. The molecule has 0 bridgehead atoms. The number of hydrogen-bond acceptors (Lipinski definition) is 3. The van der Waals surface area contributed by atoms with Crippen LogP contribution in [0.1, 0.15) is 33.7 Å². The average Bonchev–Trinajstić information content (AvgIpc) is 2.96. The molecule has 3 heteroatoms. The van der Waals surface area contributed by atoms with Gasteiger partial charge in [0, 0.05) is 22.2 Å². The average molecular weight is 299 g/mol. The second kappa shape index (κ2) is 6.56. The lowest BCUT2D eigenvalue weighted by molar-refractivity contribution is -0.160. The molecular formula is C18H21NOS. The van der Waals surface area contributed by atoms with Crippen LogP contribution < -0.4 is 0 Å². The van der Waals surface area contributed by atoms with Gasteiger partial charge in [0.2, 0.25) is 0 Å². The Labute approximate surface area is 130 Å². The number of rotatable bonds is 5. The Kier molecular flexibility index (Phi) is 4.54. The van der Waals surface area contributed by atoms with Crippen LogP contribution in [0.3, 0.4) is 0 Å². The van der Waals surface area contributed by atoms with E-state index >= 15 is 0 Å². The van der Waals surface area contributed by atoms with E-state index in [2.05, 4.69) is 55.0 Å². The van der Waals surface area contributed by atoms with Crippen LogP contribution in [-0.2, 0) is 17.8 Å². The SMILES string of the molecule is C=CCON1Cc2sc(CC)cc2[C@@H](c2ccccc2)C1. The van der Waals surface area contributed by atoms with Gasteiger partial charge in [-0.1, -0.05) is 43.3 Å². The zero-order valence-electron chi connectivity index (χ0n) is 12.4. The minimum atomic E-state index is 0.399. The maximum Gasteiger partial charge on any atom is 0.0864 e. The third-order valence-electron chi connectivity index (χ3n) is 3.90. The van der Waals surface area contributed by atoms with Crippen LogP contribution in [0.15, 0.2) is 49.1 Å². The van der Waals surface area contributed by atoms with Crippen LogP contribution in [0, 0.1) is 0 Å². The molecule has 2 nitrogen and oxygen atoms in total. The van der Waals surface area contributed by atoms with Gasteiger partial charge < -0.3 is 0 Å². The molecule has 0 amide bonds. The number of nitrogens with zero attached hydrogens (tertiary/aromatic N) is 1. The zero-order chi connectivity index (χ0) is 14.7. The van der Waals surface area contributed by atoms with Gasteiger partial charge in [0.15, 0.2) is 0 Å². The van der Waals surface area contributed by atoms with Crippen LogP contribution >= 0.6 is 11.3 Å². The molecule has 0 saturated heterocycles. The summed E-state index contributed by atoms with van der Waals surface area (Å²) in [6.45, 7) is 8.32. The Morgan fingerprint density at radius 2 is 2.19 bits per heavy atom. The predicted molar refractivity (Wildman–Crippen MR) is 88.5 cm³/mol. The van der Waals surface area contributed by atoms with Gasteiger partial charge >= 0.3 is 0 Å². The number of fused-ring (bicyclic) bond motifs is 1. The van der Waals surface area contributed by atoms with Gasteiger partial charge in [-0.15, -0.1) is 17.9 Å². The van der Waals surface area contributed by atoms with E-state index in [0.717, 1.165) is 19.5 Å². The molecule has 110 valence electrons. The molecule has 0 saturated carbocycles. The summed E-state index contributed by atoms with van der Waals surface area (Å²) in [6.07, 6.45) is 2.91. The van der Waals surface area contributed by atoms with Gasteiger partial charge in [-0.3, -0.25) is 4.84 Å². The van der Waals surface area contributed by atoms with Crippen LogP contribution in [0.4, 0.5) is 0 Å². The second-order valence-electron chi connectivity index (χ2n) is 5.31. The van der Waals surface area contributed by atoms with Gasteiger partial charge in [0.05, 0.1) is 13.2 Å². The molecule has 0 spiro atoms. The number of hydroxylamine groups is 2. The molecule has 1 atom stereocenters. The fraction of sp³-hybridized carbons (Fsp3) is 0.333. The summed E-state index contributed by atoms with van der Waals surface area (Å²) < 4.78 is 0. The molecule has 3 rings (SSSR count). The van der Waals surface area contributed by atoms with Crippen molar-refractivity contribution < 1.29 is 4.84 Å². The highest BCUT2D eigenvalue weighted by molar-refractivity contribution is 7.12. The summed E-state index contributed by atoms with van der Waals surface area (Å²) in [5.41, 5.74) is 2.85. The monoisotopic (exact) mass is 299 g/mol. The maximum absolute atomic E-state index is 5.81. The van der Waals surface area contributed by atoms with E-state index in [4.69, 9.17) is 4.84 Å². The van der Waals surface area contributed by atoms with E-state index in [0.29, 0.717) is 12.5 Å². The van der Waals surface area contributed by atoms with Gasteiger partial charge in [0.25, 0.3) is 0 Å². The molecule has 2 heterocycles. The Morgan fingerprint density at radius 1 is 1.38 bits per heavy atom. The molecule has 0 radical (unpaired) electrons. The Hall–Kier alpha value is -1.42. The number of aryl methyl sites for hydroxylation is 1. The molecule has 0 fully saturated rings. The highest BCUT2D eigenvalue weighted by atomic mass is 32.1.